The van der Waals surface area contributed by atoms with E-state index in [0.29, 0.717) is 13.2 Å². The van der Waals surface area contributed by atoms with E-state index in [4.69, 9.17) is 21.1 Å². The van der Waals surface area contributed by atoms with Crippen molar-refractivity contribution in [1.29, 1.82) is 0 Å². The van der Waals surface area contributed by atoms with E-state index < -0.39 is 0 Å². The highest BCUT2D eigenvalue weighted by molar-refractivity contribution is 7.09. The molecule has 3 unspecified atom stereocenters. The molecule has 0 spiro atoms. The molecule has 1 fully saturated rings. The Balaban J connectivity index is 1.76. The van der Waals surface area contributed by atoms with Gasteiger partial charge in [0.25, 0.3) is 0 Å². The van der Waals surface area contributed by atoms with E-state index in [2.05, 4.69) is 11.4 Å². The minimum Gasteiger partial charge on any atom is -0.374 e. The number of halogens is 1. The molecule has 1 aromatic rings. The summed E-state index contributed by atoms with van der Waals surface area (Å²) < 4.78 is 11.3. The molecular weight excluding hydrogens is 232 g/mol. The molecule has 0 amide bonds. The van der Waals surface area contributed by atoms with Gasteiger partial charge in [0.2, 0.25) is 0 Å². The van der Waals surface area contributed by atoms with Crippen molar-refractivity contribution >= 4 is 22.9 Å². The standard InChI is InChI=1S/C11H15ClO2S/c1-2-13-11-9(12)6-10(11)14-7-8-4-3-5-15-8/h3-5,9-11H,2,6-7H2,1H3. The fourth-order valence-electron chi connectivity index (χ4n) is 1.68. The third-order valence-corrected chi connectivity index (χ3v) is 3.84. The molecule has 4 heteroatoms. The first-order valence-corrected chi connectivity index (χ1v) is 6.52. The Morgan fingerprint density at radius 3 is 3.00 bits per heavy atom. The molecule has 2 nitrogen and oxygen atoms in total. The van der Waals surface area contributed by atoms with E-state index >= 15 is 0 Å². The Morgan fingerprint density at radius 2 is 2.40 bits per heavy atom. The first kappa shape index (κ1) is 11.4. The van der Waals surface area contributed by atoms with Crippen LogP contribution in [0.15, 0.2) is 17.5 Å². The van der Waals surface area contributed by atoms with E-state index in [0.717, 1.165) is 6.42 Å². The molecule has 0 aromatic carbocycles. The lowest BCUT2D eigenvalue weighted by atomic mass is 9.91. The Hall–Kier alpha value is -0.0900. The second kappa shape index (κ2) is 5.30. The predicted molar refractivity (Wildman–Crippen MR) is 62.6 cm³/mol. The normalized spacial score (nSPS) is 30.1. The van der Waals surface area contributed by atoms with Gasteiger partial charge in [-0.1, -0.05) is 6.07 Å². The van der Waals surface area contributed by atoms with E-state index in [1.807, 2.05) is 13.0 Å². The van der Waals surface area contributed by atoms with Gasteiger partial charge in [-0.25, -0.2) is 0 Å². The second-order valence-corrected chi connectivity index (χ2v) is 5.19. The topological polar surface area (TPSA) is 18.5 Å². The average molecular weight is 247 g/mol. The quantitative estimate of drug-likeness (QED) is 0.744. The van der Waals surface area contributed by atoms with Gasteiger partial charge < -0.3 is 9.47 Å². The summed E-state index contributed by atoms with van der Waals surface area (Å²) in [5, 5.41) is 2.18. The van der Waals surface area contributed by atoms with Crippen molar-refractivity contribution in [1.82, 2.24) is 0 Å². The molecule has 3 atom stereocenters. The number of alkyl halides is 1. The largest absolute Gasteiger partial charge is 0.374 e. The van der Waals surface area contributed by atoms with Crippen molar-refractivity contribution in [2.45, 2.75) is 37.5 Å². The molecule has 0 N–H and O–H groups in total. The zero-order valence-corrected chi connectivity index (χ0v) is 10.3. The third-order valence-electron chi connectivity index (χ3n) is 2.56. The van der Waals surface area contributed by atoms with Crippen LogP contribution in [0.1, 0.15) is 18.2 Å². The van der Waals surface area contributed by atoms with Gasteiger partial charge in [-0.05, 0) is 24.8 Å². The first-order chi connectivity index (χ1) is 7.31. The van der Waals surface area contributed by atoms with Crippen molar-refractivity contribution in [2.75, 3.05) is 6.61 Å². The van der Waals surface area contributed by atoms with Crippen LogP contribution in [0.25, 0.3) is 0 Å². The molecule has 0 radical (unpaired) electrons. The van der Waals surface area contributed by atoms with Crippen LogP contribution >= 0.6 is 22.9 Å². The van der Waals surface area contributed by atoms with Gasteiger partial charge >= 0.3 is 0 Å². The highest BCUT2D eigenvalue weighted by Gasteiger charge is 2.41. The first-order valence-electron chi connectivity index (χ1n) is 5.21. The molecular formula is C11H15ClO2S. The van der Waals surface area contributed by atoms with E-state index in [9.17, 15) is 0 Å². The molecule has 1 aromatic heterocycles. The maximum Gasteiger partial charge on any atom is 0.100 e. The number of rotatable bonds is 5. The number of thiophene rings is 1. The third kappa shape index (κ3) is 2.72. The zero-order chi connectivity index (χ0) is 10.7. The Kier molecular flexibility index (Phi) is 4.03. The molecule has 84 valence electrons. The fourth-order valence-corrected chi connectivity index (χ4v) is 2.71. The molecule has 1 aliphatic carbocycles. The molecule has 0 aliphatic heterocycles. The van der Waals surface area contributed by atoms with Gasteiger partial charge in [0.05, 0.1) is 18.1 Å². The Bertz CT molecular complexity index is 289. The van der Waals surface area contributed by atoms with Crippen LogP contribution in [0, 0.1) is 0 Å². The van der Waals surface area contributed by atoms with Gasteiger partial charge in [-0.3, -0.25) is 0 Å². The predicted octanol–water partition coefficient (Wildman–Crippen LogP) is 3.05. The number of hydrogen-bond acceptors (Lipinski definition) is 3. The lowest BCUT2D eigenvalue weighted by Gasteiger charge is -2.40. The summed E-state index contributed by atoms with van der Waals surface area (Å²) >= 11 is 7.76. The SMILES string of the molecule is CCOC1C(Cl)CC1OCc1cccs1. The van der Waals surface area contributed by atoms with E-state index in [1.54, 1.807) is 11.3 Å². The average Bonchev–Trinajstić information content (AvgIpc) is 2.73. The molecule has 1 saturated carbocycles. The van der Waals surface area contributed by atoms with Crippen LogP contribution in [-0.4, -0.2) is 24.2 Å². The molecule has 1 aliphatic rings. The zero-order valence-electron chi connectivity index (χ0n) is 8.69. The molecule has 0 saturated heterocycles. The highest BCUT2D eigenvalue weighted by atomic mass is 35.5. The molecule has 0 bridgehead atoms. The minimum absolute atomic E-state index is 0.0802. The highest BCUT2D eigenvalue weighted by Crippen LogP contribution is 2.32. The maximum atomic E-state index is 6.05. The van der Waals surface area contributed by atoms with Crippen molar-refractivity contribution in [3.63, 3.8) is 0 Å². The van der Waals surface area contributed by atoms with Crippen LogP contribution in [0.5, 0.6) is 0 Å². The lowest BCUT2D eigenvalue weighted by molar-refractivity contribution is -0.126. The summed E-state index contributed by atoms with van der Waals surface area (Å²) in [5.74, 6) is 0. The smallest absolute Gasteiger partial charge is 0.100 e. The molecule has 15 heavy (non-hydrogen) atoms. The molecule has 2 rings (SSSR count). The van der Waals surface area contributed by atoms with Crippen LogP contribution in [0.2, 0.25) is 0 Å². The molecule has 1 heterocycles. The van der Waals surface area contributed by atoms with Crippen LogP contribution in [-0.2, 0) is 16.1 Å². The van der Waals surface area contributed by atoms with Gasteiger partial charge in [0.1, 0.15) is 6.10 Å². The number of ether oxygens (including phenoxy) is 2. The second-order valence-electron chi connectivity index (χ2n) is 3.60. The summed E-state index contributed by atoms with van der Waals surface area (Å²) in [7, 11) is 0. The fraction of sp³-hybridized carbons (Fsp3) is 0.636. The van der Waals surface area contributed by atoms with Crippen LogP contribution in [0.3, 0.4) is 0 Å². The summed E-state index contributed by atoms with van der Waals surface area (Å²) in [6.45, 7) is 3.36. The summed E-state index contributed by atoms with van der Waals surface area (Å²) in [4.78, 5) is 1.25. The minimum atomic E-state index is 0.0802. The Morgan fingerprint density at radius 1 is 1.53 bits per heavy atom. The Labute approximate surface area is 99.2 Å². The summed E-state index contributed by atoms with van der Waals surface area (Å²) in [6, 6.07) is 4.12. The van der Waals surface area contributed by atoms with Crippen molar-refractivity contribution in [3.05, 3.63) is 22.4 Å². The van der Waals surface area contributed by atoms with Crippen LogP contribution in [0.4, 0.5) is 0 Å². The van der Waals surface area contributed by atoms with Crippen molar-refractivity contribution < 1.29 is 9.47 Å². The monoisotopic (exact) mass is 246 g/mol. The van der Waals surface area contributed by atoms with Crippen LogP contribution < -0.4 is 0 Å². The lowest BCUT2D eigenvalue weighted by Crippen LogP contribution is -2.50. The van der Waals surface area contributed by atoms with Gasteiger partial charge in [-0.15, -0.1) is 22.9 Å². The van der Waals surface area contributed by atoms with Gasteiger partial charge in [0, 0.05) is 11.5 Å². The number of hydrogen-bond donors (Lipinski definition) is 0. The van der Waals surface area contributed by atoms with Gasteiger partial charge in [-0.2, -0.15) is 0 Å². The van der Waals surface area contributed by atoms with E-state index in [-0.39, 0.29) is 17.6 Å². The summed E-state index contributed by atoms with van der Waals surface area (Å²) in [5.41, 5.74) is 0. The maximum absolute atomic E-state index is 6.05. The van der Waals surface area contributed by atoms with Crippen molar-refractivity contribution in [2.24, 2.45) is 0 Å². The van der Waals surface area contributed by atoms with Gasteiger partial charge in [0.15, 0.2) is 0 Å². The van der Waals surface area contributed by atoms with Crippen molar-refractivity contribution in [3.8, 4) is 0 Å². The van der Waals surface area contributed by atoms with E-state index in [1.165, 1.54) is 4.88 Å². The summed E-state index contributed by atoms with van der Waals surface area (Å²) in [6.07, 6.45) is 1.16.